The Labute approximate surface area is 177 Å². The average Bonchev–Trinajstić information content (AvgIpc) is 2.75. The van der Waals surface area contributed by atoms with Gasteiger partial charge >= 0.3 is 0 Å². The van der Waals surface area contributed by atoms with Crippen LogP contribution in [0.15, 0.2) is 70.9 Å². The predicted molar refractivity (Wildman–Crippen MR) is 117 cm³/mol. The van der Waals surface area contributed by atoms with E-state index in [1.807, 2.05) is 74.5 Å². The van der Waals surface area contributed by atoms with Crippen LogP contribution in [0.5, 0.6) is 0 Å². The van der Waals surface area contributed by atoms with Crippen molar-refractivity contribution in [3.05, 3.63) is 71.8 Å². The van der Waals surface area contributed by atoms with Crippen molar-refractivity contribution >= 4 is 23.6 Å². The first-order valence-electron chi connectivity index (χ1n) is 9.52. The molecule has 2 aromatic carbocycles. The normalized spacial score (nSPS) is 10.9. The summed E-state index contributed by atoms with van der Waals surface area (Å²) >= 11 is 0. The van der Waals surface area contributed by atoms with Gasteiger partial charge in [-0.05, 0) is 38.1 Å². The van der Waals surface area contributed by atoms with E-state index in [2.05, 4.69) is 21.1 Å². The summed E-state index contributed by atoms with van der Waals surface area (Å²) in [5.41, 5.74) is 6.39. The third-order valence-corrected chi connectivity index (χ3v) is 3.23. The zero-order valence-corrected chi connectivity index (χ0v) is 17.7. The lowest BCUT2D eigenvalue weighted by atomic mass is 10.2. The van der Waals surface area contributed by atoms with Gasteiger partial charge in [0.1, 0.15) is 0 Å². The highest BCUT2D eigenvalue weighted by Gasteiger charge is 2.04. The van der Waals surface area contributed by atoms with Gasteiger partial charge in [0.15, 0.2) is 0 Å². The molecule has 0 atom stereocenters. The van der Waals surface area contributed by atoms with E-state index in [4.69, 9.17) is 9.47 Å². The molecule has 0 fully saturated rings. The molecule has 0 aliphatic carbocycles. The van der Waals surface area contributed by atoms with Crippen LogP contribution in [0.4, 0.5) is 0 Å². The third kappa shape index (κ3) is 10.0. The van der Waals surface area contributed by atoms with E-state index < -0.39 is 0 Å². The molecule has 0 aliphatic heterocycles. The van der Waals surface area contributed by atoms with Crippen molar-refractivity contribution in [1.29, 1.82) is 0 Å². The van der Waals surface area contributed by atoms with Gasteiger partial charge in [0.2, 0.25) is 23.6 Å². The first-order chi connectivity index (χ1) is 14.5. The highest BCUT2D eigenvalue weighted by molar-refractivity contribution is 5.95. The van der Waals surface area contributed by atoms with E-state index in [0.717, 1.165) is 11.1 Å². The largest absolute Gasteiger partial charge is 0.477 e. The van der Waals surface area contributed by atoms with Gasteiger partial charge in [-0.1, -0.05) is 36.4 Å². The van der Waals surface area contributed by atoms with Crippen LogP contribution in [0.25, 0.3) is 0 Å². The van der Waals surface area contributed by atoms with Crippen molar-refractivity contribution in [3.8, 4) is 0 Å². The highest BCUT2D eigenvalue weighted by Crippen LogP contribution is 2.03. The Kier molecular flexibility index (Phi) is 11.6. The molecule has 0 unspecified atom stereocenters. The molecule has 2 amide bonds. The molecule has 2 aromatic rings. The van der Waals surface area contributed by atoms with Crippen molar-refractivity contribution < 1.29 is 19.1 Å². The number of hydrazone groups is 2. The molecule has 0 aromatic heterocycles. The Morgan fingerprint density at radius 2 is 1.03 bits per heavy atom. The van der Waals surface area contributed by atoms with E-state index in [-0.39, 0.29) is 11.8 Å². The predicted octanol–water partition coefficient (Wildman–Crippen LogP) is 3.04. The molecule has 0 spiro atoms. The van der Waals surface area contributed by atoms with Gasteiger partial charge in [-0.3, -0.25) is 9.59 Å². The molecule has 0 radical (unpaired) electrons. The lowest BCUT2D eigenvalue weighted by Crippen LogP contribution is -2.18. The SMILES string of the molecule is CCO/C(=N\NC(C)=O)c1ccccc1.CCO/C(=N\NC(C)=O)c1ccccc1. The fourth-order valence-corrected chi connectivity index (χ4v) is 2.05. The standard InChI is InChI=1S/2C11H14N2O2/c2*1-3-15-11(13-12-9(2)14)10-7-5-4-6-8-10/h2*4-8H,3H2,1-2H3,(H,12,14)/b2*13-11-. The molecule has 8 heteroatoms. The molecule has 0 bridgehead atoms. The summed E-state index contributed by atoms with van der Waals surface area (Å²) < 4.78 is 10.6. The van der Waals surface area contributed by atoms with Crippen molar-refractivity contribution in [2.75, 3.05) is 13.2 Å². The van der Waals surface area contributed by atoms with Crippen LogP contribution in [-0.2, 0) is 19.1 Å². The summed E-state index contributed by atoms with van der Waals surface area (Å²) in [5.74, 6) is 0.410. The number of rotatable bonds is 6. The molecular weight excluding hydrogens is 384 g/mol. The fourth-order valence-electron chi connectivity index (χ4n) is 2.05. The summed E-state index contributed by atoms with van der Waals surface area (Å²) in [4.78, 5) is 21.4. The zero-order chi connectivity index (χ0) is 22.2. The Hall–Kier alpha value is -3.68. The minimum Gasteiger partial charge on any atom is -0.477 e. The molecule has 0 saturated carbocycles. The highest BCUT2D eigenvalue weighted by atomic mass is 16.5. The number of carbonyl (C=O) groups excluding carboxylic acids is 2. The van der Waals surface area contributed by atoms with Crippen LogP contribution in [0, 0.1) is 0 Å². The quantitative estimate of drug-likeness (QED) is 0.432. The van der Waals surface area contributed by atoms with Gasteiger partial charge in [-0.15, -0.1) is 10.2 Å². The van der Waals surface area contributed by atoms with Crippen LogP contribution >= 0.6 is 0 Å². The molecule has 8 nitrogen and oxygen atoms in total. The second-order valence-corrected chi connectivity index (χ2v) is 5.77. The molecule has 160 valence electrons. The summed E-state index contributed by atoms with van der Waals surface area (Å²) in [7, 11) is 0. The first-order valence-corrected chi connectivity index (χ1v) is 9.52. The zero-order valence-electron chi connectivity index (χ0n) is 17.7. The molecule has 2 rings (SSSR count). The number of nitrogens with zero attached hydrogens (tertiary/aromatic N) is 2. The first kappa shape index (κ1) is 24.4. The number of hydrogen-bond acceptors (Lipinski definition) is 6. The average molecular weight is 412 g/mol. The van der Waals surface area contributed by atoms with Crippen molar-refractivity contribution in [2.45, 2.75) is 27.7 Å². The molecule has 30 heavy (non-hydrogen) atoms. The van der Waals surface area contributed by atoms with Gasteiger partial charge in [0, 0.05) is 25.0 Å². The van der Waals surface area contributed by atoms with Crippen molar-refractivity contribution in [1.82, 2.24) is 10.9 Å². The maximum atomic E-state index is 10.7. The van der Waals surface area contributed by atoms with Crippen LogP contribution in [-0.4, -0.2) is 36.8 Å². The van der Waals surface area contributed by atoms with Crippen molar-refractivity contribution in [3.63, 3.8) is 0 Å². The van der Waals surface area contributed by atoms with E-state index in [9.17, 15) is 9.59 Å². The minimum absolute atomic E-state index is 0.219. The van der Waals surface area contributed by atoms with Gasteiger partial charge in [-0.2, -0.15) is 0 Å². The van der Waals surface area contributed by atoms with Crippen LogP contribution in [0.3, 0.4) is 0 Å². The maximum Gasteiger partial charge on any atom is 0.238 e. The Morgan fingerprint density at radius 1 is 0.700 bits per heavy atom. The van der Waals surface area contributed by atoms with E-state index >= 15 is 0 Å². The van der Waals surface area contributed by atoms with Crippen LogP contribution in [0.2, 0.25) is 0 Å². The van der Waals surface area contributed by atoms with Crippen LogP contribution in [0.1, 0.15) is 38.8 Å². The molecule has 0 aliphatic rings. The van der Waals surface area contributed by atoms with Gasteiger partial charge < -0.3 is 9.47 Å². The number of nitrogens with one attached hydrogen (secondary N) is 2. The van der Waals surface area contributed by atoms with E-state index in [1.165, 1.54) is 13.8 Å². The lowest BCUT2D eigenvalue weighted by molar-refractivity contribution is -0.119. The van der Waals surface area contributed by atoms with Gasteiger partial charge in [-0.25, -0.2) is 10.9 Å². The Morgan fingerprint density at radius 3 is 1.30 bits per heavy atom. The fraction of sp³-hybridized carbons (Fsp3) is 0.273. The number of hydrogen-bond donors (Lipinski definition) is 2. The molecule has 0 saturated heterocycles. The van der Waals surface area contributed by atoms with Gasteiger partial charge in [0.25, 0.3) is 0 Å². The second kappa shape index (κ2) is 14.3. The third-order valence-electron chi connectivity index (χ3n) is 3.23. The minimum atomic E-state index is -0.219. The summed E-state index contributed by atoms with van der Waals surface area (Å²) in [6, 6.07) is 18.8. The summed E-state index contributed by atoms with van der Waals surface area (Å²) in [6.07, 6.45) is 0. The van der Waals surface area contributed by atoms with E-state index in [0.29, 0.717) is 25.0 Å². The van der Waals surface area contributed by atoms with E-state index in [1.54, 1.807) is 0 Å². The Bertz CT molecular complexity index is 765. The molecule has 2 N–H and O–H groups in total. The summed E-state index contributed by atoms with van der Waals surface area (Å²) in [6.45, 7) is 7.55. The number of benzene rings is 2. The molecule has 0 heterocycles. The monoisotopic (exact) mass is 412 g/mol. The maximum absolute atomic E-state index is 10.7. The second-order valence-electron chi connectivity index (χ2n) is 5.77. The smallest absolute Gasteiger partial charge is 0.238 e. The molecular formula is C22H28N4O4. The number of ether oxygens (including phenoxy) is 2. The summed E-state index contributed by atoms with van der Waals surface area (Å²) in [5, 5.41) is 7.76. The van der Waals surface area contributed by atoms with Gasteiger partial charge in [0.05, 0.1) is 13.2 Å². The van der Waals surface area contributed by atoms with Crippen molar-refractivity contribution in [2.24, 2.45) is 10.2 Å². The Balaban J connectivity index is 0.000000300. The topological polar surface area (TPSA) is 101 Å². The van der Waals surface area contributed by atoms with Crippen LogP contribution < -0.4 is 10.9 Å². The number of carbonyl (C=O) groups is 2. The number of amides is 2. The lowest BCUT2D eigenvalue weighted by Gasteiger charge is -2.06.